The van der Waals surface area contributed by atoms with Gasteiger partial charge >= 0.3 is 5.97 Å². The maximum Gasteiger partial charge on any atom is 0.320 e. The van der Waals surface area contributed by atoms with Crippen LogP contribution >= 0.6 is 0 Å². The third-order valence-electron chi connectivity index (χ3n) is 5.14. The molecule has 0 radical (unpaired) electrons. The molecule has 1 aliphatic heterocycles. The number of hydrogen-bond donors (Lipinski definition) is 1. The topological polar surface area (TPSA) is 53.0 Å². The van der Waals surface area contributed by atoms with Gasteiger partial charge in [0.25, 0.3) is 0 Å². The molecule has 1 saturated heterocycles. The molecule has 1 N–H and O–H groups in total. The summed E-state index contributed by atoms with van der Waals surface area (Å²) in [7, 11) is 4.03. The first-order chi connectivity index (χ1) is 13.0. The van der Waals surface area contributed by atoms with E-state index < -0.39 is 12.0 Å². The third kappa shape index (κ3) is 4.25. The van der Waals surface area contributed by atoms with Crippen LogP contribution in [0.1, 0.15) is 36.9 Å². The second kappa shape index (κ2) is 8.44. The number of hydrogen-bond acceptors (Lipinski definition) is 4. The van der Waals surface area contributed by atoms with Gasteiger partial charge in [-0.2, -0.15) is 0 Å². The van der Waals surface area contributed by atoms with Gasteiger partial charge in [0.2, 0.25) is 0 Å². The van der Waals surface area contributed by atoms with Crippen molar-refractivity contribution < 1.29 is 14.6 Å². The summed E-state index contributed by atoms with van der Waals surface area (Å²) in [6.45, 7) is 3.37. The maximum absolute atomic E-state index is 11.8. The van der Waals surface area contributed by atoms with Crippen molar-refractivity contribution >= 4 is 11.7 Å². The number of anilines is 1. The van der Waals surface area contributed by atoms with E-state index in [4.69, 9.17) is 4.74 Å². The number of carboxylic acids is 1. The highest BCUT2D eigenvalue weighted by atomic mass is 16.5. The van der Waals surface area contributed by atoms with Crippen LogP contribution in [0, 0.1) is 0 Å². The lowest BCUT2D eigenvalue weighted by molar-refractivity contribution is -0.142. The number of carbonyl (C=O) groups is 1. The standard InChI is InChI=1S/C22H28N2O3/c1-4-27-19-13-9-17(10-14-19)21(24-15-5-6-20(24)22(25)26)16-7-11-18(12-8-16)23(2)3/h7-14,20-21H,4-6,15H2,1-3H3,(H,25,26). The van der Waals surface area contributed by atoms with Gasteiger partial charge in [0.15, 0.2) is 0 Å². The van der Waals surface area contributed by atoms with Crippen LogP contribution in [0.25, 0.3) is 0 Å². The van der Waals surface area contributed by atoms with E-state index in [-0.39, 0.29) is 6.04 Å². The van der Waals surface area contributed by atoms with E-state index >= 15 is 0 Å². The van der Waals surface area contributed by atoms with Crippen LogP contribution in [0.5, 0.6) is 5.75 Å². The largest absolute Gasteiger partial charge is 0.494 e. The van der Waals surface area contributed by atoms with Crippen LogP contribution in [0.2, 0.25) is 0 Å². The Hall–Kier alpha value is -2.53. The number of nitrogens with zero attached hydrogens (tertiary/aromatic N) is 2. The van der Waals surface area contributed by atoms with Crippen LogP contribution in [0.4, 0.5) is 5.69 Å². The van der Waals surface area contributed by atoms with Crippen molar-refractivity contribution in [3.63, 3.8) is 0 Å². The number of aliphatic carboxylic acids is 1. The third-order valence-corrected chi connectivity index (χ3v) is 5.14. The minimum atomic E-state index is -0.742. The lowest BCUT2D eigenvalue weighted by Crippen LogP contribution is -2.39. The van der Waals surface area contributed by atoms with Gasteiger partial charge in [-0.25, -0.2) is 0 Å². The highest BCUT2D eigenvalue weighted by molar-refractivity contribution is 5.74. The van der Waals surface area contributed by atoms with E-state index in [9.17, 15) is 9.90 Å². The average Bonchev–Trinajstić information content (AvgIpc) is 3.14. The van der Waals surface area contributed by atoms with Gasteiger partial charge in [-0.3, -0.25) is 9.69 Å². The van der Waals surface area contributed by atoms with E-state index in [1.807, 2.05) is 45.3 Å². The van der Waals surface area contributed by atoms with Crippen LogP contribution in [-0.4, -0.2) is 49.3 Å². The molecule has 0 saturated carbocycles. The Morgan fingerprint density at radius 3 is 2.26 bits per heavy atom. The molecule has 0 spiro atoms. The normalized spacial score (nSPS) is 18.3. The number of benzene rings is 2. The van der Waals surface area contributed by atoms with Crippen LogP contribution < -0.4 is 9.64 Å². The lowest BCUT2D eigenvalue weighted by Gasteiger charge is -2.32. The summed E-state index contributed by atoms with van der Waals surface area (Å²) in [5, 5.41) is 9.69. The van der Waals surface area contributed by atoms with Crippen molar-refractivity contribution in [3.8, 4) is 5.75 Å². The Labute approximate surface area is 161 Å². The molecule has 5 nitrogen and oxygen atoms in total. The first-order valence-electron chi connectivity index (χ1n) is 9.50. The molecule has 2 unspecified atom stereocenters. The van der Waals surface area contributed by atoms with Gasteiger partial charge in [-0.15, -0.1) is 0 Å². The predicted molar refractivity (Wildman–Crippen MR) is 108 cm³/mol. The van der Waals surface area contributed by atoms with Crippen LogP contribution in [0.15, 0.2) is 48.5 Å². The first-order valence-corrected chi connectivity index (χ1v) is 9.50. The molecule has 1 fully saturated rings. The summed E-state index contributed by atoms with van der Waals surface area (Å²) >= 11 is 0. The van der Waals surface area contributed by atoms with Gasteiger partial charge in [-0.1, -0.05) is 24.3 Å². The number of carboxylic acid groups (broad SMARTS) is 1. The summed E-state index contributed by atoms with van der Waals surface area (Å²) in [5.41, 5.74) is 3.32. The van der Waals surface area contributed by atoms with Gasteiger partial charge in [-0.05, 0) is 55.2 Å². The Bertz CT molecular complexity index is 756. The average molecular weight is 368 g/mol. The minimum Gasteiger partial charge on any atom is -0.494 e. The van der Waals surface area contributed by atoms with Crippen molar-refractivity contribution in [2.75, 3.05) is 32.1 Å². The Balaban J connectivity index is 1.99. The number of likely N-dealkylation sites (tertiary alicyclic amines) is 1. The van der Waals surface area contributed by atoms with Crippen LogP contribution in [-0.2, 0) is 4.79 Å². The van der Waals surface area contributed by atoms with Crippen molar-refractivity contribution in [2.45, 2.75) is 31.8 Å². The molecule has 0 aromatic heterocycles. The van der Waals surface area contributed by atoms with Crippen LogP contribution in [0.3, 0.4) is 0 Å². The molecule has 5 heteroatoms. The SMILES string of the molecule is CCOc1ccc(C(c2ccc(N(C)C)cc2)N2CCCC2C(=O)O)cc1. The number of ether oxygens (including phenoxy) is 1. The zero-order valence-corrected chi connectivity index (χ0v) is 16.3. The summed E-state index contributed by atoms with van der Waals surface area (Å²) < 4.78 is 5.56. The molecule has 2 atom stereocenters. The van der Waals surface area contributed by atoms with Gasteiger partial charge in [0.05, 0.1) is 12.6 Å². The molecule has 27 heavy (non-hydrogen) atoms. The molecular formula is C22H28N2O3. The number of rotatable bonds is 7. The maximum atomic E-state index is 11.8. The molecule has 2 aromatic carbocycles. The molecule has 0 aliphatic carbocycles. The molecule has 0 amide bonds. The lowest BCUT2D eigenvalue weighted by atomic mass is 9.96. The molecular weight excluding hydrogens is 340 g/mol. The molecule has 1 heterocycles. The Morgan fingerprint density at radius 2 is 1.74 bits per heavy atom. The fraction of sp³-hybridized carbons (Fsp3) is 0.409. The van der Waals surface area contributed by atoms with Crippen molar-refractivity contribution in [1.82, 2.24) is 4.90 Å². The summed E-state index contributed by atoms with van der Waals surface area (Å²) in [6, 6.07) is 15.9. The van der Waals surface area contributed by atoms with Gasteiger partial charge in [0.1, 0.15) is 11.8 Å². The molecule has 144 valence electrons. The summed E-state index contributed by atoms with van der Waals surface area (Å²) in [4.78, 5) is 16.0. The highest BCUT2D eigenvalue weighted by Crippen LogP contribution is 2.36. The van der Waals surface area contributed by atoms with E-state index in [0.29, 0.717) is 13.0 Å². The van der Waals surface area contributed by atoms with E-state index in [2.05, 4.69) is 34.1 Å². The summed E-state index contributed by atoms with van der Waals surface area (Å²) in [6.07, 6.45) is 1.60. The fourth-order valence-corrected chi connectivity index (χ4v) is 3.81. The fourth-order valence-electron chi connectivity index (χ4n) is 3.81. The Morgan fingerprint density at radius 1 is 1.15 bits per heavy atom. The quantitative estimate of drug-likeness (QED) is 0.806. The second-order valence-electron chi connectivity index (χ2n) is 7.12. The van der Waals surface area contributed by atoms with Gasteiger partial charge < -0.3 is 14.7 Å². The minimum absolute atomic E-state index is 0.0829. The van der Waals surface area contributed by atoms with Gasteiger partial charge in [0, 0.05) is 26.3 Å². The zero-order chi connectivity index (χ0) is 19.4. The molecule has 2 aromatic rings. The molecule has 1 aliphatic rings. The van der Waals surface area contributed by atoms with Crippen molar-refractivity contribution in [2.24, 2.45) is 0 Å². The molecule has 3 rings (SSSR count). The second-order valence-corrected chi connectivity index (χ2v) is 7.12. The van der Waals surface area contributed by atoms with Crippen molar-refractivity contribution in [1.29, 1.82) is 0 Å². The summed E-state index contributed by atoms with van der Waals surface area (Å²) in [5.74, 6) is 0.0903. The smallest absolute Gasteiger partial charge is 0.320 e. The Kier molecular flexibility index (Phi) is 6.01. The monoisotopic (exact) mass is 368 g/mol. The molecule has 0 bridgehead atoms. The predicted octanol–water partition coefficient (Wildman–Crippen LogP) is 3.79. The van der Waals surface area contributed by atoms with E-state index in [1.165, 1.54) is 0 Å². The van der Waals surface area contributed by atoms with E-state index in [0.717, 1.165) is 35.5 Å². The highest BCUT2D eigenvalue weighted by Gasteiger charge is 2.36. The van der Waals surface area contributed by atoms with Crippen molar-refractivity contribution in [3.05, 3.63) is 59.7 Å². The van der Waals surface area contributed by atoms with E-state index in [1.54, 1.807) is 0 Å². The zero-order valence-electron chi connectivity index (χ0n) is 16.3. The first kappa shape index (κ1) is 19.2.